The maximum absolute atomic E-state index is 6.10. The first-order chi connectivity index (χ1) is 10.1. The number of benzene rings is 1. The summed E-state index contributed by atoms with van der Waals surface area (Å²) in [4.78, 5) is 2.39. The highest BCUT2D eigenvalue weighted by Crippen LogP contribution is 2.32. The Morgan fingerprint density at radius 2 is 1.81 bits per heavy atom. The van der Waals surface area contributed by atoms with Crippen molar-refractivity contribution in [3.05, 3.63) is 28.2 Å². The van der Waals surface area contributed by atoms with Crippen LogP contribution >= 0.6 is 23.2 Å². The predicted octanol–water partition coefficient (Wildman–Crippen LogP) is 3.83. The normalized spacial score (nSPS) is 22.5. The van der Waals surface area contributed by atoms with E-state index in [1.807, 2.05) is 6.07 Å². The van der Waals surface area contributed by atoms with Crippen molar-refractivity contribution in [2.75, 3.05) is 27.2 Å². The lowest BCUT2D eigenvalue weighted by Gasteiger charge is -2.34. The second-order valence-electron chi connectivity index (χ2n) is 5.67. The zero-order valence-electron chi connectivity index (χ0n) is 12.7. The molecule has 21 heavy (non-hydrogen) atoms. The molecule has 1 aliphatic carbocycles. The number of rotatable bonds is 6. The van der Waals surface area contributed by atoms with Gasteiger partial charge in [0.25, 0.3) is 0 Å². The first-order valence-corrected chi connectivity index (χ1v) is 8.31. The van der Waals surface area contributed by atoms with Gasteiger partial charge < -0.3 is 15.0 Å². The van der Waals surface area contributed by atoms with Gasteiger partial charge in [-0.2, -0.15) is 0 Å². The van der Waals surface area contributed by atoms with Crippen LogP contribution in [0.4, 0.5) is 0 Å². The molecule has 3 nitrogen and oxygen atoms in total. The highest BCUT2D eigenvalue weighted by atomic mass is 35.5. The van der Waals surface area contributed by atoms with E-state index in [0.717, 1.165) is 6.54 Å². The second kappa shape index (κ2) is 8.23. The molecule has 1 aromatic carbocycles. The van der Waals surface area contributed by atoms with Gasteiger partial charge in [-0.25, -0.2) is 0 Å². The molecule has 0 amide bonds. The van der Waals surface area contributed by atoms with Crippen LogP contribution in [0.3, 0.4) is 0 Å². The molecule has 2 rings (SSSR count). The average molecular weight is 331 g/mol. The lowest BCUT2D eigenvalue weighted by Crippen LogP contribution is -2.41. The van der Waals surface area contributed by atoms with Crippen molar-refractivity contribution in [3.63, 3.8) is 0 Å². The quantitative estimate of drug-likeness (QED) is 0.857. The van der Waals surface area contributed by atoms with Gasteiger partial charge in [0.15, 0.2) is 5.75 Å². The Bertz CT molecular complexity index is 428. The molecule has 0 atom stereocenters. The molecule has 5 heteroatoms. The molecule has 0 heterocycles. The lowest BCUT2D eigenvalue weighted by atomic mass is 9.90. The molecule has 1 aliphatic rings. The maximum Gasteiger partial charge on any atom is 0.156 e. The summed E-state index contributed by atoms with van der Waals surface area (Å²) in [5.74, 6) is 0.591. The summed E-state index contributed by atoms with van der Waals surface area (Å²) < 4.78 is 5.75. The Hall–Kier alpha value is -0.480. The summed E-state index contributed by atoms with van der Waals surface area (Å²) in [5.41, 5.74) is 0. The van der Waals surface area contributed by atoms with Gasteiger partial charge >= 0.3 is 0 Å². The van der Waals surface area contributed by atoms with Crippen LogP contribution in [-0.4, -0.2) is 44.2 Å². The van der Waals surface area contributed by atoms with Crippen LogP contribution in [0.25, 0.3) is 0 Å². The second-order valence-corrected chi connectivity index (χ2v) is 6.49. The van der Waals surface area contributed by atoms with Crippen molar-refractivity contribution in [3.8, 4) is 5.75 Å². The van der Waals surface area contributed by atoms with E-state index < -0.39 is 0 Å². The monoisotopic (exact) mass is 330 g/mol. The Labute approximate surface area is 137 Å². The van der Waals surface area contributed by atoms with Crippen LogP contribution in [0, 0.1) is 0 Å². The highest BCUT2D eigenvalue weighted by molar-refractivity contribution is 6.37. The van der Waals surface area contributed by atoms with E-state index in [1.165, 1.54) is 25.7 Å². The average Bonchev–Trinajstić information content (AvgIpc) is 2.50. The number of hydrogen-bond donors (Lipinski definition) is 1. The number of nitrogens with zero attached hydrogens (tertiary/aromatic N) is 1. The molecule has 0 bridgehead atoms. The number of halogens is 2. The minimum absolute atomic E-state index is 0.569. The third-order valence-electron chi connectivity index (χ3n) is 4.34. The van der Waals surface area contributed by atoms with Crippen LogP contribution in [0.5, 0.6) is 5.75 Å². The Kier molecular flexibility index (Phi) is 6.62. The van der Waals surface area contributed by atoms with Crippen LogP contribution in [0.1, 0.15) is 25.7 Å². The standard InChI is InChI=1S/C16H24Cl2N2O/c1-19-12-6-8-13(9-7-12)20(2)10-11-21-16-14(17)4-3-5-15(16)18/h3-5,12-13,19H,6-11H2,1-2H3. The third kappa shape index (κ3) is 4.75. The molecule has 1 fully saturated rings. The zero-order chi connectivity index (χ0) is 15.2. The smallest absolute Gasteiger partial charge is 0.156 e. The number of nitrogens with one attached hydrogen (secondary N) is 1. The number of likely N-dealkylation sites (N-methyl/N-ethyl adjacent to an activating group) is 1. The van der Waals surface area contributed by atoms with E-state index in [0.29, 0.717) is 34.5 Å². The number of para-hydroxylation sites is 1. The topological polar surface area (TPSA) is 24.5 Å². The van der Waals surface area contributed by atoms with Gasteiger partial charge in [0.1, 0.15) is 6.61 Å². The summed E-state index contributed by atoms with van der Waals surface area (Å²) in [6.45, 7) is 1.49. The van der Waals surface area contributed by atoms with Crippen molar-refractivity contribution >= 4 is 23.2 Å². The van der Waals surface area contributed by atoms with E-state index in [2.05, 4.69) is 24.3 Å². The van der Waals surface area contributed by atoms with E-state index in [1.54, 1.807) is 12.1 Å². The molecular weight excluding hydrogens is 307 g/mol. The third-order valence-corrected chi connectivity index (χ3v) is 4.93. The Balaban J connectivity index is 1.76. The summed E-state index contributed by atoms with van der Waals surface area (Å²) >= 11 is 12.2. The summed E-state index contributed by atoms with van der Waals surface area (Å²) in [6, 6.07) is 6.76. The van der Waals surface area contributed by atoms with Gasteiger partial charge in [-0.3, -0.25) is 0 Å². The van der Waals surface area contributed by atoms with Gasteiger partial charge in [0.05, 0.1) is 10.0 Å². The molecular formula is C16H24Cl2N2O. The van der Waals surface area contributed by atoms with Crippen LogP contribution in [0.15, 0.2) is 18.2 Å². The predicted molar refractivity (Wildman–Crippen MR) is 89.7 cm³/mol. The summed E-state index contributed by atoms with van der Waals surface area (Å²) in [6.07, 6.45) is 5.00. The lowest BCUT2D eigenvalue weighted by molar-refractivity contribution is 0.150. The van der Waals surface area contributed by atoms with Gasteiger partial charge in [-0.1, -0.05) is 29.3 Å². The van der Waals surface area contributed by atoms with Crippen molar-refractivity contribution in [2.24, 2.45) is 0 Å². The largest absolute Gasteiger partial charge is 0.489 e. The van der Waals surface area contributed by atoms with Crippen LogP contribution in [0.2, 0.25) is 10.0 Å². The maximum atomic E-state index is 6.10. The molecule has 0 aromatic heterocycles. The molecule has 0 unspecified atom stereocenters. The summed E-state index contributed by atoms with van der Waals surface area (Å²) in [5, 5.41) is 4.51. The van der Waals surface area contributed by atoms with Gasteiger partial charge in [-0.15, -0.1) is 0 Å². The fraction of sp³-hybridized carbons (Fsp3) is 0.625. The van der Waals surface area contributed by atoms with Gasteiger partial charge in [0, 0.05) is 18.6 Å². The number of ether oxygens (including phenoxy) is 1. The highest BCUT2D eigenvalue weighted by Gasteiger charge is 2.22. The molecule has 1 aromatic rings. The Morgan fingerprint density at radius 1 is 1.19 bits per heavy atom. The Morgan fingerprint density at radius 3 is 2.38 bits per heavy atom. The summed E-state index contributed by atoms with van der Waals surface area (Å²) in [7, 11) is 4.22. The number of hydrogen-bond acceptors (Lipinski definition) is 3. The van der Waals surface area contributed by atoms with Crippen molar-refractivity contribution in [1.82, 2.24) is 10.2 Å². The molecule has 0 aliphatic heterocycles. The fourth-order valence-corrected chi connectivity index (χ4v) is 3.41. The minimum atomic E-state index is 0.569. The van der Waals surface area contributed by atoms with Crippen LogP contribution < -0.4 is 10.1 Å². The van der Waals surface area contributed by atoms with Crippen molar-refractivity contribution in [2.45, 2.75) is 37.8 Å². The van der Waals surface area contributed by atoms with Crippen LogP contribution in [-0.2, 0) is 0 Å². The van der Waals surface area contributed by atoms with Crippen molar-refractivity contribution < 1.29 is 4.74 Å². The fourth-order valence-electron chi connectivity index (χ4n) is 2.90. The van der Waals surface area contributed by atoms with E-state index in [-0.39, 0.29) is 0 Å². The van der Waals surface area contributed by atoms with E-state index in [4.69, 9.17) is 27.9 Å². The molecule has 0 saturated heterocycles. The zero-order valence-corrected chi connectivity index (χ0v) is 14.3. The first-order valence-electron chi connectivity index (χ1n) is 7.56. The first kappa shape index (κ1) is 16.9. The molecule has 1 N–H and O–H groups in total. The van der Waals surface area contributed by atoms with Gasteiger partial charge in [-0.05, 0) is 51.9 Å². The van der Waals surface area contributed by atoms with Gasteiger partial charge in [0.2, 0.25) is 0 Å². The van der Waals surface area contributed by atoms with E-state index >= 15 is 0 Å². The molecule has 1 saturated carbocycles. The minimum Gasteiger partial charge on any atom is -0.489 e. The molecule has 0 radical (unpaired) electrons. The van der Waals surface area contributed by atoms with E-state index in [9.17, 15) is 0 Å². The molecule has 118 valence electrons. The van der Waals surface area contributed by atoms with Crippen molar-refractivity contribution in [1.29, 1.82) is 0 Å². The SMILES string of the molecule is CNC1CCC(N(C)CCOc2c(Cl)cccc2Cl)CC1. The molecule has 0 spiro atoms.